The highest BCUT2D eigenvalue weighted by molar-refractivity contribution is 9.10. The minimum absolute atomic E-state index is 0.505. The smallest absolute Gasteiger partial charge is 0.189 e. The Labute approximate surface area is 123 Å². The minimum atomic E-state index is 0.505. The molecule has 1 aliphatic carbocycles. The molecule has 19 heavy (non-hydrogen) atoms. The molecule has 0 saturated heterocycles. The lowest BCUT2D eigenvalue weighted by Crippen LogP contribution is -2.39. The van der Waals surface area contributed by atoms with E-state index in [1.54, 1.807) is 0 Å². The summed E-state index contributed by atoms with van der Waals surface area (Å²) >= 11 is 3.52. The van der Waals surface area contributed by atoms with Gasteiger partial charge in [-0.25, -0.2) is 4.99 Å². The van der Waals surface area contributed by atoms with Crippen molar-refractivity contribution in [2.24, 2.45) is 10.7 Å². The lowest BCUT2D eigenvalue weighted by molar-refractivity contribution is 0.530. The maximum Gasteiger partial charge on any atom is 0.189 e. The first kappa shape index (κ1) is 14.4. The minimum Gasteiger partial charge on any atom is -0.370 e. The lowest BCUT2D eigenvalue weighted by Gasteiger charge is -2.16. The van der Waals surface area contributed by atoms with Gasteiger partial charge in [-0.05, 0) is 24.5 Å². The van der Waals surface area contributed by atoms with Gasteiger partial charge in [0.2, 0.25) is 0 Å². The van der Waals surface area contributed by atoms with Gasteiger partial charge in [0.1, 0.15) is 0 Å². The fourth-order valence-electron chi connectivity index (χ4n) is 2.48. The van der Waals surface area contributed by atoms with Gasteiger partial charge in [-0.15, -0.1) is 0 Å². The number of hydrogen-bond acceptors (Lipinski definition) is 1. The quantitative estimate of drug-likeness (QED) is 0.507. The van der Waals surface area contributed by atoms with Gasteiger partial charge in [-0.3, -0.25) is 0 Å². The molecule has 0 bridgehead atoms. The van der Waals surface area contributed by atoms with E-state index < -0.39 is 0 Å². The number of rotatable bonds is 3. The van der Waals surface area contributed by atoms with Crippen molar-refractivity contribution in [2.45, 2.75) is 51.1 Å². The monoisotopic (exact) mass is 323 g/mol. The molecule has 104 valence electrons. The number of nitrogens with two attached hydrogens (primary N) is 1. The van der Waals surface area contributed by atoms with E-state index in [1.165, 1.54) is 38.5 Å². The Morgan fingerprint density at radius 2 is 1.89 bits per heavy atom. The Bertz CT molecular complexity index is 423. The van der Waals surface area contributed by atoms with Crippen LogP contribution in [-0.4, -0.2) is 12.0 Å². The highest BCUT2D eigenvalue weighted by Gasteiger charge is 2.12. The molecule has 0 aromatic heterocycles. The van der Waals surface area contributed by atoms with Crippen LogP contribution in [0.25, 0.3) is 0 Å². The van der Waals surface area contributed by atoms with Crippen LogP contribution in [0.5, 0.6) is 0 Å². The predicted molar refractivity (Wildman–Crippen MR) is 84.1 cm³/mol. The van der Waals surface area contributed by atoms with Gasteiger partial charge in [-0.1, -0.05) is 59.8 Å². The Morgan fingerprint density at radius 3 is 2.58 bits per heavy atom. The van der Waals surface area contributed by atoms with Crippen LogP contribution < -0.4 is 11.1 Å². The van der Waals surface area contributed by atoms with Gasteiger partial charge >= 0.3 is 0 Å². The van der Waals surface area contributed by atoms with Gasteiger partial charge in [0.15, 0.2) is 5.96 Å². The topological polar surface area (TPSA) is 50.4 Å². The number of hydrogen-bond donors (Lipinski definition) is 2. The summed E-state index contributed by atoms with van der Waals surface area (Å²) in [5.74, 6) is 0.572. The highest BCUT2D eigenvalue weighted by atomic mass is 79.9. The predicted octanol–water partition coefficient (Wildman–Crippen LogP) is 3.58. The number of halogens is 1. The van der Waals surface area contributed by atoms with Crippen LogP contribution in [0.2, 0.25) is 0 Å². The average molecular weight is 324 g/mol. The van der Waals surface area contributed by atoms with Crippen molar-refractivity contribution in [3.63, 3.8) is 0 Å². The number of nitrogens with zero attached hydrogens (tertiary/aromatic N) is 1. The molecule has 1 fully saturated rings. The van der Waals surface area contributed by atoms with E-state index in [1.807, 2.05) is 18.2 Å². The third-order valence-electron chi connectivity index (χ3n) is 3.58. The third-order valence-corrected chi connectivity index (χ3v) is 4.36. The molecular formula is C15H22BrN3. The van der Waals surface area contributed by atoms with E-state index >= 15 is 0 Å². The van der Waals surface area contributed by atoms with Gasteiger partial charge in [0, 0.05) is 10.5 Å². The summed E-state index contributed by atoms with van der Waals surface area (Å²) in [6.07, 6.45) is 7.74. The average Bonchev–Trinajstić information content (AvgIpc) is 2.66. The van der Waals surface area contributed by atoms with Crippen LogP contribution in [0, 0.1) is 0 Å². The second-order valence-corrected chi connectivity index (χ2v) is 5.98. The first-order valence-electron chi connectivity index (χ1n) is 7.05. The van der Waals surface area contributed by atoms with Crippen molar-refractivity contribution >= 4 is 21.9 Å². The van der Waals surface area contributed by atoms with Crippen molar-refractivity contribution in [2.75, 3.05) is 0 Å². The van der Waals surface area contributed by atoms with Gasteiger partial charge in [0.05, 0.1) is 6.54 Å². The van der Waals surface area contributed by atoms with Crippen LogP contribution in [0.3, 0.4) is 0 Å². The fraction of sp³-hybridized carbons (Fsp3) is 0.533. The molecule has 0 atom stereocenters. The third kappa shape index (κ3) is 4.86. The number of aliphatic imine (C=N–C) groups is 1. The summed E-state index contributed by atoms with van der Waals surface area (Å²) in [6, 6.07) is 8.62. The van der Waals surface area contributed by atoms with Crippen LogP contribution in [0.1, 0.15) is 44.1 Å². The molecule has 1 aliphatic rings. The van der Waals surface area contributed by atoms with Gasteiger partial charge in [-0.2, -0.15) is 0 Å². The van der Waals surface area contributed by atoms with E-state index in [9.17, 15) is 0 Å². The molecule has 0 aliphatic heterocycles. The van der Waals surface area contributed by atoms with Crippen LogP contribution >= 0.6 is 15.9 Å². The van der Waals surface area contributed by atoms with E-state index in [2.05, 4.69) is 32.3 Å². The molecule has 1 saturated carbocycles. The van der Waals surface area contributed by atoms with E-state index in [0.29, 0.717) is 18.5 Å². The van der Waals surface area contributed by atoms with Crippen LogP contribution in [0.4, 0.5) is 0 Å². The summed E-state index contributed by atoms with van der Waals surface area (Å²) in [4.78, 5) is 4.43. The Balaban J connectivity index is 1.86. The summed E-state index contributed by atoms with van der Waals surface area (Å²) in [7, 11) is 0. The maximum atomic E-state index is 5.98. The molecule has 0 radical (unpaired) electrons. The Morgan fingerprint density at radius 1 is 1.21 bits per heavy atom. The summed E-state index contributed by atoms with van der Waals surface area (Å²) in [6.45, 7) is 0.618. The largest absolute Gasteiger partial charge is 0.370 e. The maximum absolute atomic E-state index is 5.98. The molecule has 0 amide bonds. The van der Waals surface area contributed by atoms with Crippen molar-refractivity contribution in [3.8, 4) is 0 Å². The summed E-state index contributed by atoms with van der Waals surface area (Å²) in [5.41, 5.74) is 7.14. The molecule has 2 rings (SSSR count). The SMILES string of the molecule is NC(=NCc1ccccc1Br)NC1CCCCCC1. The first-order chi connectivity index (χ1) is 9.25. The van der Waals surface area contributed by atoms with Crippen LogP contribution in [-0.2, 0) is 6.54 Å². The molecule has 0 unspecified atom stereocenters. The normalized spacial score (nSPS) is 18.1. The molecule has 3 N–H and O–H groups in total. The zero-order valence-electron chi connectivity index (χ0n) is 11.2. The first-order valence-corrected chi connectivity index (χ1v) is 7.85. The molecule has 0 heterocycles. The van der Waals surface area contributed by atoms with Crippen molar-refractivity contribution in [1.29, 1.82) is 0 Å². The second-order valence-electron chi connectivity index (χ2n) is 5.13. The fourth-order valence-corrected chi connectivity index (χ4v) is 2.89. The second kappa shape index (κ2) is 7.53. The van der Waals surface area contributed by atoms with E-state index in [4.69, 9.17) is 5.73 Å². The molecular weight excluding hydrogens is 302 g/mol. The molecule has 1 aromatic carbocycles. The van der Waals surface area contributed by atoms with Crippen molar-refractivity contribution in [3.05, 3.63) is 34.3 Å². The molecule has 3 nitrogen and oxygen atoms in total. The summed E-state index contributed by atoms with van der Waals surface area (Å²) in [5, 5.41) is 3.36. The molecule has 0 spiro atoms. The standard InChI is InChI=1S/C15H22BrN3/c16-14-10-6-5-7-12(14)11-18-15(17)19-13-8-3-1-2-4-9-13/h5-7,10,13H,1-4,8-9,11H2,(H3,17,18,19). The highest BCUT2D eigenvalue weighted by Crippen LogP contribution is 2.18. The van der Waals surface area contributed by atoms with E-state index in [0.717, 1.165) is 10.0 Å². The van der Waals surface area contributed by atoms with Crippen molar-refractivity contribution < 1.29 is 0 Å². The zero-order valence-corrected chi connectivity index (χ0v) is 12.8. The number of nitrogens with one attached hydrogen (secondary N) is 1. The number of benzene rings is 1. The van der Waals surface area contributed by atoms with Gasteiger partial charge in [0.25, 0.3) is 0 Å². The number of guanidine groups is 1. The Hall–Kier alpha value is -1.03. The summed E-state index contributed by atoms with van der Waals surface area (Å²) < 4.78 is 1.08. The van der Waals surface area contributed by atoms with Crippen molar-refractivity contribution in [1.82, 2.24) is 5.32 Å². The van der Waals surface area contributed by atoms with Crippen LogP contribution in [0.15, 0.2) is 33.7 Å². The van der Waals surface area contributed by atoms with E-state index in [-0.39, 0.29) is 0 Å². The van der Waals surface area contributed by atoms with Gasteiger partial charge < -0.3 is 11.1 Å². The lowest BCUT2D eigenvalue weighted by atomic mass is 10.1. The molecule has 1 aromatic rings. The zero-order chi connectivity index (χ0) is 13.5. The Kier molecular flexibility index (Phi) is 5.70. The molecule has 4 heteroatoms.